The van der Waals surface area contributed by atoms with Crippen molar-refractivity contribution in [3.63, 3.8) is 0 Å². The molecule has 1 N–H and O–H groups in total. The average molecular weight is 196 g/mol. The summed E-state index contributed by atoms with van der Waals surface area (Å²) in [5.41, 5.74) is 0.307. The molecule has 0 aliphatic heterocycles. The highest BCUT2D eigenvalue weighted by Gasteiger charge is 2.06. The van der Waals surface area contributed by atoms with Crippen LogP contribution in [0.25, 0.3) is 0 Å². The average Bonchev–Trinajstić information content (AvgIpc) is 2.26. The Morgan fingerprint density at radius 1 is 1.57 bits per heavy atom. The van der Waals surface area contributed by atoms with Crippen LogP contribution in [0.15, 0.2) is 18.3 Å². The largest absolute Gasteiger partial charge is 0.497 e. The lowest BCUT2D eigenvalue weighted by molar-refractivity contribution is 0.0867. The number of carbonyl (C=O) groups is 1. The highest BCUT2D eigenvalue weighted by Crippen LogP contribution is 2.09. The highest BCUT2D eigenvalue weighted by molar-refractivity contribution is 5.92. The van der Waals surface area contributed by atoms with Crippen molar-refractivity contribution in [3.8, 4) is 5.75 Å². The molecule has 14 heavy (non-hydrogen) atoms. The number of ether oxygens (including phenoxy) is 2. The number of aromatic nitrogens is 1. The summed E-state index contributed by atoms with van der Waals surface area (Å²) in [6, 6.07) is 3.23. The maximum absolute atomic E-state index is 11.4. The van der Waals surface area contributed by atoms with E-state index in [0.29, 0.717) is 11.4 Å². The second-order valence-corrected chi connectivity index (χ2v) is 2.52. The van der Waals surface area contributed by atoms with E-state index >= 15 is 0 Å². The molecule has 0 aliphatic rings. The molecule has 0 aliphatic carbocycles. The molecule has 5 heteroatoms. The molecule has 1 aromatic rings. The van der Waals surface area contributed by atoms with Gasteiger partial charge in [-0.1, -0.05) is 0 Å². The summed E-state index contributed by atoms with van der Waals surface area (Å²) in [5, 5.41) is 2.52. The quantitative estimate of drug-likeness (QED) is 0.709. The zero-order chi connectivity index (χ0) is 10.4. The smallest absolute Gasteiger partial charge is 0.271 e. The van der Waals surface area contributed by atoms with Gasteiger partial charge in [-0.2, -0.15) is 0 Å². The Kier molecular flexibility index (Phi) is 3.87. The minimum atomic E-state index is -0.286. The van der Waals surface area contributed by atoms with Gasteiger partial charge in [0.2, 0.25) is 0 Å². The Labute approximate surface area is 82.0 Å². The van der Waals surface area contributed by atoms with E-state index in [2.05, 4.69) is 10.3 Å². The molecule has 1 heterocycles. The van der Waals surface area contributed by atoms with Crippen LogP contribution in [-0.4, -0.2) is 31.8 Å². The van der Waals surface area contributed by atoms with Crippen molar-refractivity contribution in [2.75, 3.05) is 21.0 Å². The van der Waals surface area contributed by atoms with Crippen LogP contribution in [-0.2, 0) is 4.74 Å². The number of carbonyl (C=O) groups excluding carboxylic acids is 1. The standard InChI is InChI=1S/C9H12N2O3/c1-13-6-11-9(12)8-5-7(14-2)3-4-10-8/h3-5H,6H2,1-2H3,(H,11,12). The molecule has 0 spiro atoms. The highest BCUT2D eigenvalue weighted by atomic mass is 16.5. The lowest BCUT2D eigenvalue weighted by Gasteiger charge is -2.04. The molecule has 0 saturated carbocycles. The molecule has 0 unspecified atom stereocenters. The molecule has 0 bridgehead atoms. The Morgan fingerprint density at radius 2 is 2.36 bits per heavy atom. The van der Waals surface area contributed by atoms with Crippen molar-refractivity contribution >= 4 is 5.91 Å². The van der Waals surface area contributed by atoms with Crippen molar-refractivity contribution in [2.45, 2.75) is 0 Å². The Morgan fingerprint density at radius 3 is 3.00 bits per heavy atom. The number of nitrogens with one attached hydrogen (secondary N) is 1. The molecule has 76 valence electrons. The zero-order valence-electron chi connectivity index (χ0n) is 8.11. The minimum Gasteiger partial charge on any atom is -0.497 e. The fourth-order valence-corrected chi connectivity index (χ4v) is 0.891. The van der Waals surface area contributed by atoms with Gasteiger partial charge in [0.1, 0.15) is 18.2 Å². The summed E-state index contributed by atoms with van der Waals surface area (Å²) < 4.78 is 9.66. The van der Waals surface area contributed by atoms with E-state index in [4.69, 9.17) is 9.47 Å². The molecule has 0 aromatic carbocycles. The molecular weight excluding hydrogens is 184 g/mol. The molecule has 0 atom stereocenters. The minimum absolute atomic E-state index is 0.164. The summed E-state index contributed by atoms with van der Waals surface area (Å²) >= 11 is 0. The molecular formula is C9H12N2O3. The SMILES string of the molecule is COCNC(=O)c1cc(OC)ccn1. The van der Waals surface area contributed by atoms with Gasteiger partial charge in [-0.3, -0.25) is 9.78 Å². The van der Waals surface area contributed by atoms with Gasteiger partial charge < -0.3 is 14.8 Å². The van der Waals surface area contributed by atoms with Gasteiger partial charge in [-0.15, -0.1) is 0 Å². The van der Waals surface area contributed by atoms with E-state index in [9.17, 15) is 4.79 Å². The maximum atomic E-state index is 11.4. The van der Waals surface area contributed by atoms with Crippen LogP contribution in [0, 0.1) is 0 Å². The summed E-state index contributed by atoms with van der Waals surface area (Å²) in [6.45, 7) is 0.164. The number of hydrogen-bond donors (Lipinski definition) is 1. The van der Waals surface area contributed by atoms with Gasteiger partial charge in [0.25, 0.3) is 5.91 Å². The topological polar surface area (TPSA) is 60.5 Å². The van der Waals surface area contributed by atoms with Crippen molar-refractivity contribution < 1.29 is 14.3 Å². The van der Waals surface area contributed by atoms with E-state index in [0.717, 1.165) is 0 Å². The van der Waals surface area contributed by atoms with Crippen molar-refractivity contribution in [2.24, 2.45) is 0 Å². The Balaban J connectivity index is 2.69. The van der Waals surface area contributed by atoms with E-state index in [1.165, 1.54) is 20.4 Å². The Bertz CT molecular complexity index is 315. The van der Waals surface area contributed by atoms with E-state index in [-0.39, 0.29) is 12.6 Å². The number of methoxy groups -OCH3 is 2. The van der Waals surface area contributed by atoms with Crippen LogP contribution in [0.4, 0.5) is 0 Å². The lowest BCUT2D eigenvalue weighted by atomic mass is 10.3. The summed E-state index contributed by atoms with van der Waals surface area (Å²) in [7, 11) is 3.03. The first-order valence-corrected chi connectivity index (χ1v) is 4.05. The van der Waals surface area contributed by atoms with Gasteiger partial charge in [0.05, 0.1) is 7.11 Å². The summed E-state index contributed by atoms with van der Waals surface area (Å²) in [6.07, 6.45) is 1.51. The fraction of sp³-hybridized carbons (Fsp3) is 0.333. The monoisotopic (exact) mass is 196 g/mol. The molecule has 0 radical (unpaired) electrons. The van der Waals surface area contributed by atoms with Crippen molar-refractivity contribution in [1.29, 1.82) is 0 Å². The molecule has 5 nitrogen and oxygen atoms in total. The maximum Gasteiger partial charge on any atom is 0.271 e. The van der Waals surface area contributed by atoms with Crippen molar-refractivity contribution in [1.82, 2.24) is 10.3 Å². The van der Waals surface area contributed by atoms with Crippen LogP contribution in [0.2, 0.25) is 0 Å². The predicted molar refractivity (Wildman–Crippen MR) is 50.1 cm³/mol. The van der Waals surface area contributed by atoms with Gasteiger partial charge in [0, 0.05) is 19.4 Å². The third-order valence-electron chi connectivity index (χ3n) is 1.58. The molecule has 1 rings (SSSR count). The first-order chi connectivity index (χ1) is 6.77. The second kappa shape index (κ2) is 5.18. The van der Waals surface area contributed by atoms with Crippen LogP contribution >= 0.6 is 0 Å². The molecule has 0 fully saturated rings. The third-order valence-corrected chi connectivity index (χ3v) is 1.58. The number of nitrogens with zero attached hydrogens (tertiary/aromatic N) is 1. The number of amides is 1. The molecule has 0 saturated heterocycles. The summed E-state index contributed by atoms with van der Waals surface area (Å²) in [4.78, 5) is 15.3. The van der Waals surface area contributed by atoms with E-state index in [1.54, 1.807) is 12.1 Å². The first kappa shape index (κ1) is 10.5. The fourth-order valence-electron chi connectivity index (χ4n) is 0.891. The predicted octanol–water partition coefficient (Wildman–Crippen LogP) is 0.424. The first-order valence-electron chi connectivity index (χ1n) is 4.05. The molecule has 1 amide bonds. The second-order valence-electron chi connectivity index (χ2n) is 2.52. The van der Waals surface area contributed by atoms with Crippen molar-refractivity contribution in [3.05, 3.63) is 24.0 Å². The van der Waals surface area contributed by atoms with E-state index < -0.39 is 0 Å². The van der Waals surface area contributed by atoms with Gasteiger partial charge >= 0.3 is 0 Å². The number of pyridine rings is 1. The van der Waals surface area contributed by atoms with Gasteiger partial charge in [-0.25, -0.2) is 0 Å². The van der Waals surface area contributed by atoms with Crippen LogP contribution in [0.1, 0.15) is 10.5 Å². The molecule has 1 aromatic heterocycles. The van der Waals surface area contributed by atoms with Crippen LogP contribution < -0.4 is 10.1 Å². The van der Waals surface area contributed by atoms with Gasteiger partial charge in [0.15, 0.2) is 0 Å². The zero-order valence-corrected chi connectivity index (χ0v) is 8.11. The van der Waals surface area contributed by atoms with Crippen LogP contribution in [0.5, 0.6) is 5.75 Å². The van der Waals surface area contributed by atoms with Gasteiger partial charge in [-0.05, 0) is 6.07 Å². The normalized spacial score (nSPS) is 9.57. The lowest BCUT2D eigenvalue weighted by Crippen LogP contribution is -2.26. The van der Waals surface area contributed by atoms with E-state index in [1.807, 2.05) is 0 Å². The van der Waals surface area contributed by atoms with Crippen LogP contribution in [0.3, 0.4) is 0 Å². The Hall–Kier alpha value is -1.62. The number of rotatable bonds is 4. The number of hydrogen-bond acceptors (Lipinski definition) is 4. The third kappa shape index (κ3) is 2.70. The summed E-state index contributed by atoms with van der Waals surface area (Å²) in [5.74, 6) is 0.313.